The molecule has 0 spiro atoms. The number of hydrogen-bond donors (Lipinski definition) is 1. The van der Waals surface area contributed by atoms with Crippen LogP contribution in [0.25, 0.3) is 0 Å². The molecule has 1 nitrogen and oxygen atoms in total. The second-order valence-electron chi connectivity index (χ2n) is 2.42. The highest BCUT2D eigenvalue weighted by molar-refractivity contribution is 7.98. The second-order valence-corrected chi connectivity index (χ2v) is 3.27. The lowest BCUT2D eigenvalue weighted by Gasteiger charge is -2.04. The molecule has 0 aliphatic carbocycles. The number of rotatable bonds is 2. The molecule has 0 bridgehead atoms. The molecular weight excluding hydrogens is 154 g/mol. The van der Waals surface area contributed by atoms with Gasteiger partial charge in [-0.25, -0.2) is 0 Å². The third-order valence-electron chi connectivity index (χ3n) is 1.69. The number of thioether (sulfide) groups is 1. The zero-order valence-electron chi connectivity index (χ0n) is 6.92. The molecule has 60 valence electrons. The smallest absolute Gasteiger partial charge is 0.0317 e. The topological polar surface area (TPSA) is 26.0 Å². The summed E-state index contributed by atoms with van der Waals surface area (Å²) in [6, 6.07) is 6.08. The van der Waals surface area contributed by atoms with E-state index in [-0.39, 0.29) is 0 Å². The number of anilines is 1. The summed E-state index contributed by atoms with van der Waals surface area (Å²) in [5.41, 5.74) is 7.85. The monoisotopic (exact) mass is 167 g/mol. The fourth-order valence-corrected chi connectivity index (χ4v) is 1.74. The minimum absolute atomic E-state index is 0.861. The lowest BCUT2D eigenvalue weighted by molar-refractivity contribution is 1.08. The van der Waals surface area contributed by atoms with Crippen LogP contribution in [-0.2, 0) is 6.42 Å². The molecule has 1 rings (SSSR count). The van der Waals surface area contributed by atoms with Crippen LogP contribution in [0.2, 0.25) is 0 Å². The Kier molecular flexibility index (Phi) is 2.83. The average Bonchev–Trinajstić information content (AvgIpc) is 2.04. The van der Waals surface area contributed by atoms with Gasteiger partial charge in [0.05, 0.1) is 0 Å². The Labute approximate surface area is 72.0 Å². The fourth-order valence-electron chi connectivity index (χ4n) is 1.07. The summed E-state index contributed by atoms with van der Waals surface area (Å²) in [6.07, 6.45) is 3.14. The van der Waals surface area contributed by atoms with Crippen LogP contribution in [-0.4, -0.2) is 6.26 Å². The maximum atomic E-state index is 5.65. The third kappa shape index (κ3) is 1.90. The Morgan fingerprint density at radius 3 is 2.73 bits per heavy atom. The van der Waals surface area contributed by atoms with Crippen molar-refractivity contribution in [1.82, 2.24) is 0 Å². The van der Waals surface area contributed by atoms with Crippen LogP contribution in [0.5, 0.6) is 0 Å². The number of benzene rings is 1. The van der Waals surface area contributed by atoms with E-state index in [0.717, 1.165) is 12.1 Å². The van der Waals surface area contributed by atoms with Crippen LogP contribution in [0.3, 0.4) is 0 Å². The molecule has 0 saturated carbocycles. The van der Waals surface area contributed by atoms with Crippen LogP contribution in [0.1, 0.15) is 12.5 Å². The largest absolute Gasteiger partial charge is 0.399 e. The minimum atomic E-state index is 0.861. The van der Waals surface area contributed by atoms with E-state index >= 15 is 0 Å². The van der Waals surface area contributed by atoms with Gasteiger partial charge in [0, 0.05) is 10.6 Å². The Balaban J connectivity index is 3.06. The van der Waals surface area contributed by atoms with E-state index in [1.807, 2.05) is 12.1 Å². The maximum Gasteiger partial charge on any atom is 0.0317 e. The van der Waals surface area contributed by atoms with Gasteiger partial charge in [-0.05, 0) is 36.4 Å². The first-order valence-electron chi connectivity index (χ1n) is 3.70. The van der Waals surface area contributed by atoms with E-state index in [1.165, 1.54) is 10.5 Å². The van der Waals surface area contributed by atoms with Crippen LogP contribution in [0, 0.1) is 0 Å². The predicted molar refractivity (Wildman–Crippen MR) is 52.0 cm³/mol. The first-order valence-corrected chi connectivity index (χ1v) is 4.92. The Hall–Kier alpha value is -0.630. The highest BCUT2D eigenvalue weighted by atomic mass is 32.2. The summed E-state index contributed by atoms with van der Waals surface area (Å²) in [6.45, 7) is 2.15. The van der Waals surface area contributed by atoms with Crippen molar-refractivity contribution in [3.05, 3.63) is 23.8 Å². The van der Waals surface area contributed by atoms with Crippen molar-refractivity contribution in [3.8, 4) is 0 Å². The molecule has 0 radical (unpaired) electrons. The number of nitrogen functional groups attached to an aromatic ring is 1. The van der Waals surface area contributed by atoms with E-state index in [9.17, 15) is 0 Å². The van der Waals surface area contributed by atoms with Crippen LogP contribution in [0.4, 0.5) is 5.69 Å². The zero-order chi connectivity index (χ0) is 8.27. The molecule has 0 aliphatic rings. The van der Waals surface area contributed by atoms with Gasteiger partial charge in [0.2, 0.25) is 0 Å². The molecule has 0 atom stereocenters. The normalized spacial score (nSPS) is 10.0. The molecular formula is C9H13NS. The molecule has 0 heterocycles. The zero-order valence-corrected chi connectivity index (χ0v) is 7.74. The summed E-state index contributed by atoms with van der Waals surface area (Å²) < 4.78 is 0. The van der Waals surface area contributed by atoms with Gasteiger partial charge in [-0.3, -0.25) is 0 Å². The Morgan fingerprint density at radius 1 is 1.45 bits per heavy atom. The van der Waals surface area contributed by atoms with Crippen molar-refractivity contribution in [3.63, 3.8) is 0 Å². The molecule has 1 aromatic carbocycles. The van der Waals surface area contributed by atoms with E-state index in [2.05, 4.69) is 19.2 Å². The van der Waals surface area contributed by atoms with Gasteiger partial charge in [0.1, 0.15) is 0 Å². The molecule has 0 aliphatic heterocycles. The molecule has 2 heteroatoms. The van der Waals surface area contributed by atoms with Gasteiger partial charge >= 0.3 is 0 Å². The quantitative estimate of drug-likeness (QED) is 0.541. The Bertz CT molecular complexity index is 245. The van der Waals surface area contributed by atoms with Gasteiger partial charge in [-0.1, -0.05) is 6.92 Å². The molecule has 0 unspecified atom stereocenters. The molecule has 0 fully saturated rings. The van der Waals surface area contributed by atoms with Crippen LogP contribution >= 0.6 is 11.8 Å². The van der Waals surface area contributed by atoms with Crippen molar-refractivity contribution >= 4 is 17.4 Å². The first kappa shape index (κ1) is 8.47. The summed E-state index contributed by atoms with van der Waals surface area (Å²) in [7, 11) is 0. The molecule has 1 aromatic rings. The molecule has 11 heavy (non-hydrogen) atoms. The highest BCUT2D eigenvalue weighted by Gasteiger charge is 1.98. The Morgan fingerprint density at radius 2 is 2.18 bits per heavy atom. The second kappa shape index (κ2) is 3.67. The molecule has 0 amide bonds. The van der Waals surface area contributed by atoms with E-state index in [4.69, 9.17) is 5.73 Å². The third-order valence-corrected chi connectivity index (χ3v) is 2.52. The van der Waals surface area contributed by atoms with Gasteiger partial charge in [0.15, 0.2) is 0 Å². The maximum absolute atomic E-state index is 5.65. The van der Waals surface area contributed by atoms with Crippen LogP contribution < -0.4 is 5.73 Å². The van der Waals surface area contributed by atoms with Crippen molar-refractivity contribution < 1.29 is 0 Å². The van der Waals surface area contributed by atoms with E-state index in [0.29, 0.717) is 0 Å². The van der Waals surface area contributed by atoms with Crippen LogP contribution in [0.15, 0.2) is 23.1 Å². The van der Waals surface area contributed by atoms with Crippen molar-refractivity contribution in [1.29, 1.82) is 0 Å². The number of aryl methyl sites for hydroxylation is 1. The van der Waals surface area contributed by atoms with Gasteiger partial charge < -0.3 is 5.73 Å². The molecule has 0 saturated heterocycles. The van der Waals surface area contributed by atoms with Crippen molar-refractivity contribution in [2.75, 3.05) is 12.0 Å². The lowest BCUT2D eigenvalue weighted by atomic mass is 10.1. The summed E-state index contributed by atoms with van der Waals surface area (Å²) >= 11 is 1.77. The van der Waals surface area contributed by atoms with Crippen molar-refractivity contribution in [2.24, 2.45) is 0 Å². The summed E-state index contributed by atoms with van der Waals surface area (Å²) in [5, 5.41) is 0. The highest BCUT2D eigenvalue weighted by Crippen LogP contribution is 2.22. The summed E-state index contributed by atoms with van der Waals surface area (Å²) in [5.74, 6) is 0. The first-order chi connectivity index (χ1) is 5.27. The van der Waals surface area contributed by atoms with E-state index < -0.39 is 0 Å². The van der Waals surface area contributed by atoms with Crippen molar-refractivity contribution in [2.45, 2.75) is 18.2 Å². The number of hydrogen-bond acceptors (Lipinski definition) is 2. The predicted octanol–water partition coefficient (Wildman–Crippen LogP) is 2.55. The molecule has 2 N–H and O–H groups in total. The average molecular weight is 167 g/mol. The van der Waals surface area contributed by atoms with E-state index in [1.54, 1.807) is 11.8 Å². The standard InChI is InChI=1S/C9H13NS/c1-3-7-6-8(10)4-5-9(7)11-2/h4-6H,3,10H2,1-2H3. The lowest BCUT2D eigenvalue weighted by Crippen LogP contribution is -1.89. The van der Waals surface area contributed by atoms with Gasteiger partial charge in [-0.15, -0.1) is 11.8 Å². The summed E-state index contributed by atoms with van der Waals surface area (Å²) in [4.78, 5) is 1.33. The SMILES string of the molecule is CCc1cc(N)ccc1SC. The number of nitrogens with two attached hydrogens (primary N) is 1. The minimum Gasteiger partial charge on any atom is -0.399 e. The fraction of sp³-hybridized carbons (Fsp3) is 0.333. The van der Waals surface area contributed by atoms with Gasteiger partial charge in [-0.2, -0.15) is 0 Å². The van der Waals surface area contributed by atoms with Gasteiger partial charge in [0.25, 0.3) is 0 Å². The molecule has 0 aromatic heterocycles.